The van der Waals surface area contributed by atoms with E-state index in [0.717, 1.165) is 37.0 Å². The number of phenols is 1. The van der Waals surface area contributed by atoms with Crippen molar-refractivity contribution < 1.29 is 23.0 Å². The molecule has 2 aromatic heterocycles. The molecule has 0 bridgehead atoms. The molecule has 0 aliphatic carbocycles. The normalized spacial score (nSPS) is 16.8. The van der Waals surface area contributed by atoms with Gasteiger partial charge >= 0.3 is 5.69 Å². The van der Waals surface area contributed by atoms with E-state index < -0.39 is 40.0 Å². The van der Waals surface area contributed by atoms with Crippen LogP contribution in [0, 0.1) is 24.4 Å². The molecule has 39 heavy (non-hydrogen) atoms. The molecule has 0 radical (unpaired) electrons. The highest BCUT2D eigenvalue weighted by molar-refractivity contribution is 6.00. The van der Waals surface area contributed by atoms with E-state index in [1.54, 1.807) is 12.3 Å². The third kappa shape index (κ3) is 3.84. The van der Waals surface area contributed by atoms with Crippen LogP contribution in [0.25, 0.3) is 27.7 Å². The number of aryl methyl sites for hydroxylation is 1. The molecule has 2 aromatic carbocycles. The largest absolute Gasteiger partial charge is 0.507 e. The molecule has 6 rings (SSSR count). The van der Waals surface area contributed by atoms with Crippen molar-refractivity contribution in [2.24, 2.45) is 0 Å². The summed E-state index contributed by atoms with van der Waals surface area (Å²) in [5.41, 5.74) is 0.323. The molecule has 4 aromatic rings. The van der Waals surface area contributed by atoms with Crippen molar-refractivity contribution >= 4 is 16.7 Å². The van der Waals surface area contributed by atoms with Gasteiger partial charge in [-0.3, -0.25) is 9.55 Å². The molecule has 0 saturated carbocycles. The second kappa shape index (κ2) is 9.29. The second-order valence-electron chi connectivity index (χ2n) is 10.4. The van der Waals surface area contributed by atoms with Crippen LogP contribution in [-0.2, 0) is 0 Å². The molecule has 202 valence electrons. The van der Waals surface area contributed by atoms with Gasteiger partial charge in [0.25, 0.3) is 0 Å². The number of piperidine rings is 1. The molecule has 0 spiro atoms. The fourth-order valence-electron chi connectivity index (χ4n) is 5.77. The second-order valence-corrected chi connectivity index (χ2v) is 10.4. The minimum atomic E-state index is -1.41. The van der Waals surface area contributed by atoms with Crippen LogP contribution in [0.4, 0.5) is 19.0 Å². The first-order valence-corrected chi connectivity index (χ1v) is 13.0. The van der Waals surface area contributed by atoms with E-state index in [1.165, 1.54) is 10.6 Å². The van der Waals surface area contributed by atoms with Gasteiger partial charge in [0.2, 0.25) is 0 Å². The monoisotopic (exact) mass is 536 g/mol. The van der Waals surface area contributed by atoms with Crippen LogP contribution in [0.15, 0.2) is 35.3 Å². The molecule has 1 atom stereocenters. The topological polar surface area (TPSA) is 80.5 Å². The summed E-state index contributed by atoms with van der Waals surface area (Å²) >= 11 is 0. The van der Waals surface area contributed by atoms with E-state index in [1.807, 2.05) is 25.7 Å². The maximum atomic E-state index is 16.3. The Labute approximate surface area is 222 Å². The number of aromatic nitrogens is 3. The van der Waals surface area contributed by atoms with E-state index in [-0.39, 0.29) is 35.2 Å². The molecule has 7 nitrogen and oxygen atoms in total. The third-order valence-corrected chi connectivity index (χ3v) is 7.64. The van der Waals surface area contributed by atoms with E-state index in [9.17, 15) is 14.3 Å². The van der Waals surface area contributed by atoms with Crippen LogP contribution in [0.2, 0.25) is 0 Å². The molecule has 1 saturated heterocycles. The fourth-order valence-corrected chi connectivity index (χ4v) is 5.77. The van der Waals surface area contributed by atoms with Gasteiger partial charge in [-0.25, -0.2) is 18.0 Å². The van der Waals surface area contributed by atoms with Crippen molar-refractivity contribution in [1.29, 1.82) is 0 Å². The highest BCUT2D eigenvalue weighted by Gasteiger charge is 2.35. The summed E-state index contributed by atoms with van der Waals surface area (Å²) in [5, 5.41) is 10.8. The lowest BCUT2D eigenvalue weighted by Gasteiger charge is -2.35. The zero-order chi connectivity index (χ0) is 27.6. The van der Waals surface area contributed by atoms with Gasteiger partial charge in [-0.2, -0.15) is 4.98 Å². The van der Waals surface area contributed by atoms with Gasteiger partial charge in [-0.05, 0) is 61.9 Å². The summed E-state index contributed by atoms with van der Waals surface area (Å²) in [6, 6.07) is 4.62. The smallest absolute Gasteiger partial charge is 0.354 e. The van der Waals surface area contributed by atoms with Crippen LogP contribution < -0.4 is 15.3 Å². The van der Waals surface area contributed by atoms with Crippen molar-refractivity contribution in [2.75, 3.05) is 18.1 Å². The number of ether oxygens (including phenoxy) is 1. The maximum absolute atomic E-state index is 16.3. The van der Waals surface area contributed by atoms with Crippen LogP contribution in [-0.4, -0.2) is 38.8 Å². The zero-order valence-corrected chi connectivity index (χ0v) is 21.8. The van der Waals surface area contributed by atoms with Gasteiger partial charge in [-0.1, -0.05) is 13.8 Å². The summed E-state index contributed by atoms with van der Waals surface area (Å²) in [5.74, 6) is -4.27. The Morgan fingerprint density at radius 1 is 1.13 bits per heavy atom. The molecule has 1 fully saturated rings. The van der Waals surface area contributed by atoms with Crippen molar-refractivity contribution in [3.8, 4) is 28.3 Å². The quantitative estimate of drug-likeness (QED) is 0.359. The predicted octanol–water partition coefficient (Wildman–Crippen LogP) is 5.75. The number of rotatable bonds is 3. The van der Waals surface area contributed by atoms with Crippen LogP contribution >= 0.6 is 0 Å². The van der Waals surface area contributed by atoms with Crippen molar-refractivity contribution in [1.82, 2.24) is 14.5 Å². The molecular weight excluding hydrogens is 509 g/mol. The highest BCUT2D eigenvalue weighted by Crippen LogP contribution is 2.46. The number of aromatic hydroxyl groups is 1. The third-order valence-electron chi connectivity index (χ3n) is 7.64. The summed E-state index contributed by atoms with van der Waals surface area (Å²) in [7, 11) is 0. The van der Waals surface area contributed by atoms with Crippen LogP contribution in [0.1, 0.15) is 50.3 Å². The van der Waals surface area contributed by atoms with Gasteiger partial charge < -0.3 is 14.7 Å². The van der Waals surface area contributed by atoms with E-state index in [4.69, 9.17) is 4.74 Å². The van der Waals surface area contributed by atoms with Gasteiger partial charge in [0.1, 0.15) is 18.2 Å². The number of nitrogens with zero attached hydrogens (tertiary/aromatic N) is 4. The Hall–Kier alpha value is -4.08. The molecule has 10 heteroatoms. The van der Waals surface area contributed by atoms with E-state index in [2.05, 4.69) is 9.97 Å². The van der Waals surface area contributed by atoms with Gasteiger partial charge in [0.15, 0.2) is 23.2 Å². The van der Waals surface area contributed by atoms with Crippen LogP contribution in [0.3, 0.4) is 0 Å². The Bertz CT molecular complexity index is 1700. The SMILES string of the molecule is Cc1ccnc(C(C)C)c1-n1c(=O)nc2c3c(c(F)c(-c4c(O)ccc(F)c4F)cc31)OC[C@H]1CCCCN21. The van der Waals surface area contributed by atoms with E-state index >= 15 is 8.78 Å². The number of hydrogen-bond donors (Lipinski definition) is 1. The lowest BCUT2D eigenvalue weighted by Crippen LogP contribution is -2.43. The van der Waals surface area contributed by atoms with Gasteiger partial charge in [0, 0.05) is 18.3 Å². The van der Waals surface area contributed by atoms with Crippen molar-refractivity contribution in [3.63, 3.8) is 0 Å². The predicted molar refractivity (Wildman–Crippen MR) is 141 cm³/mol. The lowest BCUT2D eigenvalue weighted by molar-refractivity contribution is 0.258. The first kappa shape index (κ1) is 25.2. The number of halogens is 3. The number of phenolic OH excluding ortho intramolecular Hbond substituents is 1. The Kier molecular flexibility index (Phi) is 6.00. The van der Waals surface area contributed by atoms with Crippen LogP contribution in [0.5, 0.6) is 11.5 Å². The molecule has 0 unspecified atom stereocenters. The molecule has 2 aliphatic heterocycles. The number of benzene rings is 2. The minimum Gasteiger partial charge on any atom is -0.507 e. The van der Waals surface area contributed by atoms with Gasteiger partial charge in [0.05, 0.1) is 33.9 Å². The maximum Gasteiger partial charge on any atom is 0.354 e. The highest BCUT2D eigenvalue weighted by atomic mass is 19.2. The summed E-state index contributed by atoms with van der Waals surface area (Å²) < 4.78 is 53.1. The zero-order valence-electron chi connectivity index (χ0n) is 21.8. The summed E-state index contributed by atoms with van der Waals surface area (Å²) in [6.45, 7) is 6.44. The average Bonchev–Trinajstić information content (AvgIpc) is 3.07. The fraction of sp³-hybridized carbons (Fsp3) is 0.345. The lowest BCUT2D eigenvalue weighted by atomic mass is 9.98. The average molecular weight is 537 g/mol. The summed E-state index contributed by atoms with van der Waals surface area (Å²) in [6.07, 6.45) is 4.24. The molecular formula is C29H27F3N4O3. The number of anilines is 1. The molecule has 0 amide bonds. The summed E-state index contributed by atoms with van der Waals surface area (Å²) in [4.78, 5) is 24.8. The van der Waals surface area contributed by atoms with E-state index in [0.29, 0.717) is 23.7 Å². The number of fused-ring (bicyclic) bond motifs is 2. The Morgan fingerprint density at radius 2 is 1.92 bits per heavy atom. The van der Waals surface area contributed by atoms with Gasteiger partial charge in [-0.15, -0.1) is 0 Å². The number of pyridine rings is 1. The molecule has 1 N–H and O–H groups in total. The van der Waals surface area contributed by atoms with Crippen molar-refractivity contribution in [3.05, 3.63) is 69.7 Å². The van der Waals surface area contributed by atoms with Crippen molar-refractivity contribution in [2.45, 2.75) is 52.0 Å². The number of hydrogen-bond acceptors (Lipinski definition) is 6. The first-order valence-electron chi connectivity index (χ1n) is 13.0. The molecule has 4 heterocycles. The Balaban J connectivity index is 1.80. The Morgan fingerprint density at radius 3 is 2.69 bits per heavy atom. The first-order chi connectivity index (χ1) is 18.7. The minimum absolute atomic E-state index is 0.0796. The molecule has 2 aliphatic rings. The standard InChI is InChI=1S/C29H27F3N4O3/c1-14(2)25-26(15(3)9-10-33-25)36-19-12-17(21-20(37)8-7-18(30)24(21)32)23(31)27-22(19)28(34-29(36)38)35-11-5-4-6-16(35)13-39-27/h7-10,12,14,16,37H,4-6,11,13H2,1-3H3/t16-/m1/s1.